The molecule has 7 heteroatoms. The summed E-state index contributed by atoms with van der Waals surface area (Å²) in [6, 6.07) is 19.0. The van der Waals surface area contributed by atoms with Crippen LogP contribution in [0.25, 0.3) is 5.69 Å². The Balaban J connectivity index is 1.80. The van der Waals surface area contributed by atoms with Gasteiger partial charge in [0.25, 0.3) is 5.91 Å². The van der Waals surface area contributed by atoms with E-state index in [1.807, 2.05) is 60.7 Å². The Morgan fingerprint density at radius 3 is 2.31 bits per heavy atom. The second kappa shape index (κ2) is 8.06. The summed E-state index contributed by atoms with van der Waals surface area (Å²) in [6.07, 6.45) is 1.67. The van der Waals surface area contributed by atoms with Crippen LogP contribution in [0.4, 0.5) is 0 Å². The third kappa shape index (κ3) is 4.32. The van der Waals surface area contributed by atoms with Crippen molar-refractivity contribution in [1.82, 2.24) is 19.9 Å². The molecule has 3 rings (SSSR count). The van der Waals surface area contributed by atoms with Gasteiger partial charge in [0.05, 0.1) is 11.9 Å². The summed E-state index contributed by atoms with van der Waals surface area (Å²) in [7, 11) is 0. The average Bonchev–Trinajstić information content (AvgIpc) is 3.16. The lowest BCUT2D eigenvalue weighted by molar-refractivity contribution is -0.118. The van der Waals surface area contributed by atoms with Crippen molar-refractivity contribution in [2.24, 2.45) is 5.73 Å². The van der Waals surface area contributed by atoms with E-state index in [0.717, 1.165) is 11.3 Å². The minimum atomic E-state index is -0.455. The Kier molecular flexibility index (Phi) is 5.38. The van der Waals surface area contributed by atoms with Crippen LogP contribution in [0.1, 0.15) is 22.5 Å². The highest BCUT2D eigenvalue weighted by molar-refractivity contribution is 5.92. The molecule has 0 bridgehead atoms. The molecule has 0 aliphatic rings. The van der Waals surface area contributed by atoms with Gasteiger partial charge in [0.15, 0.2) is 5.69 Å². The molecule has 0 fully saturated rings. The molecule has 26 heavy (non-hydrogen) atoms. The molecule has 1 heterocycles. The predicted molar refractivity (Wildman–Crippen MR) is 96.4 cm³/mol. The Morgan fingerprint density at radius 2 is 1.65 bits per heavy atom. The van der Waals surface area contributed by atoms with E-state index in [4.69, 9.17) is 5.73 Å². The van der Waals surface area contributed by atoms with E-state index in [1.165, 1.54) is 0 Å². The molecule has 0 saturated heterocycles. The van der Waals surface area contributed by atoms with Crippen LogP contribution in [0.3, 0.4) is 0 Å². The van der Waals surface area contributed by atoms with Crippen molar-refractivity contribution in [2.75, 3.05) is 6.54 Å². The van der Waals surface area contributed by atoms with E-state index in [2.05, 4.69) is 10.3 Å². The first-order chi connectivity index (χ1) is 12.6. The molecular formula is C19H19N5O2. The standard InChI is InChI=1S/C19H19N5O2/c20-18(25)11-12-23(13-15-7-3-1-4-8-15)19(26)17-14-24(22-21-17)16-9-5-2-6-10-16/h1-10,14H,11-13H2,(H2,20,25). The first-order valence-corrected chi connectivity index (χ1v) is 8.23. The van der Waals surface area contributed by atoms with E-state index in [9.17, 15) is 9.59 Å². The van der Waals surface area contributed by atoms with Gasteiger partial charge in [0.2, 0.25) is 5.91 Å². The Labute approximate surface area is 151 Å². The van der Waals surface area contributed by atoms with E-state index >= 15 is 0 Å². The van der Waals surface area contributed by atoms with Gasteiger partial charge in [-0.05, 0) is 17.7 Å². The highest BCUT2D eigenvalue weighted by Gasteiger charge is 2.20. The van der Waals surface area contributed by atoms with Gasteiger partial charge in [0, 0.05) is 19.5 Å². The molecular weight excluding hydrogens is 330 g/mol. The lowest BCUT2D eigenvalue weighted by atomic mass is 10.2. The highest BCUT2D eigenvalue weighted by Crippen LogP contribution is 2.11. The van der Waals surface area contributed by atoms with Gasteiger partial charge < -0.3 is 10.6 Å². The molecule has 0 saturated carbocycles. The number of amides is 2. The first-order valence-electron chi connectivity index (χ1n) is 8.23. The smallest absolute Gasteiger partial charge is 0.276 e. The van der Waals surface area contributed by atoms with Crippen molar-refractivity contribution in [3.05, 3.63) is 78.1 Å². The molecule has 3 aromatic rings. The van der Waals surface area contributed by atoms with Crippen LogP contribution in [-0.2, 0) is 11.3 Å². The van der Waals surface area contributed by atoms with Crippen LogP contribution in [0.5, 0.6) is 0 Å². The van der Waals surface area contributed by atoms with E-state index < -0.39 is 5.91 Å². The fraction of sp³-hybridized carbons (Fsp3) is 0.158. The number of carbonyl (C=O) groups excluding carboxylic acids is 2. The largest absolute Gasteiger partial charge is 0.370 e. The molecule has 0 unspecified atom stereocenters. The molecule has 132 valence electrons. The zero-order valence-corrected chi connectivity index (χ0v) is 14.2. The zero-order chi connectivity index (χ0) is 18.4. The number of aromatic nitrogens is 3. The van der Waals surface area contributed by atoms with Gasteiger partial charge in [-0.3, -0.25) is 9.59 Å². The normalized spacial score (nSPS) is 10.5. The third-order valence-corrected chi connectivity index (χ3v) is 3.86. The fourth-order valence-electron chi connectivity index (χ4n) is 2.53. The van der Waals surface area contributed by atoms with Crippen LogP contribution in [-0.4, -0.2) is 38.3 Å². The third-order valence-electron chi connectivity index (χ3n) is 3.86. The van der Waals surface area contributed by atoms with Gasteiger partial charge in [0.1, 0.15) is 0 Å². The lowest BCUT2D eigenvalue weighted by Gasteiger charge is -2.21. The second-order valence-corrected chi connectivity index (χ2v) is 5.81. The number of rotatable bonds is 7. The minimum Gasteiger partial charge on any atom is -0.370 e. The quantitative estimate of drug-likeness (QED) is 0.703. The maximum atomic E-state index is 12.9. The van der Waals surface area contributed by atoms with Crippen molar-refractivity contribution < 1.29 is 9.59 Å². The summed E-state index contributed by atoms with van der Waals surface area (Å²) < 4.78 is 1.54. The molecule has 0 atom stereocenters. The Hall–Kier alpha value is -3.48. The minimum absolute atomic E-state index is 0.0887. The molecule has 0 radical (unpaired) electrons. The number of benzene rings is 2. The van der Waals surface area contributed by atoms with Crippen LogP contribution in [0, 0.1) is 0 Å². The molecule has 0 spiro atoms. The van der Waals surface area contributed by atoms with E-state index in [0.29, 0.717) is 6.54 Å². The number of hydrogen-bond donors (Lipinski definition) is 1. The fourth-order valence-corrected chi connectivity index (χ4v) is 2.53. The van der Waals surface area contributed by atoms with Gasteiger partial charge in [-0.1, -0.05) is 53.7 Å². The maximum Gasteiger partial charge on any atom is 0.276 e. The number of carbonyl (C=O) groups is 2. The number of nitrogens with zero attached hydrogens (tertiary/aromatic N) is 4. The summed E-state index contributed by atoms with van der Waals surface area (Å²) in [5.74, 6) is -0.749. The van der Waals surface area contributed by atoms with E-state index in [-0.39, 0.29) is 24.6 Å². The van der Waals surface area contributed by atoms with Gasteiger partial charge >= 0.3 is 0 Å². The average molecular weight is 349 g/mol. The number of primary amides is 1. The SMILES string of the molecule is NC(=O)CCN(Cc1ccccc1)C(=O)c1cn(-c2ccccc2)nn1. The van der Waals surface area contributed by atoms with Crippen LogP contribution in [0.2, 0.25) is 0 Å². The number of para-hydroxylation sites is 1. The van der Waals surface area contributed by atoms with Crippen molar-refractivity contribution >= 4 is 11.8 Å². The summed E-state index contributed by atoms with van der Waals surface area (Å²) >= 11 is 0. The van der Waals surface area contributed by atoms with Crippen LogP contribution < -0.4 is 5.73 Å². The van der Waals surface area contributed by atoms with Gasteiger partial charge in [-0.25, -0.2) is 4.68 Å². The van der Waals surface area contributed by atoms with Gasteiger partial charge in [-0.2, -0.15) is 0 Å². The molecule has 2 amide bonds. The van der Waals surface area contributed by atoms with Crippen molar-refractivity contribution in [3.63, 3.8) is 0 Å². The summed E-state index contributed by atoms with van der Waals surface area (Å²) in [4.78, 5) is 25.6. The maximum absolute atomic E-state index is 12.9. The van der Waals surface area contributed by atoms with Crippen molar-refractivity contribution in [2.45, 2.75) is 13.0 Å². The summed E-state index contributed by atoms with van der Waals surface area (Å²) in [6.45, 7) is 0.590. The monoisotopic (exact) mass is 349 g/mol. The summed E-state index contributed by atoms with van der Waals surface area (Å²) in [5.41, 5.74) is 7.23. The number of hydrogen-bond acceptors (Lipinski definition) is 4. The van der Waals surface area contributed by atoms with E-state index in [1.54, 1.807) is 15.8 Å². The van der Waals surface area contributed by atoms with Crippen molar-refractivity contribution in [3.8, 4) is 5.69 Å². The molecule has 7 nitrogen and oxygen atoms in total. The molecule has 2 N–H and O–H groups in total. The molecule has 2 aromatic carbocycles. The van der Waals surface area contributed by atoms with Crippen LogP contribution in [0.15, 0.2) is 66.9 Å². The second-order valence-electron chi connectivity index (χ2n) is 5.81. The topological polar surface area (TPSA) is 94.1 Å². The molecule has 0 aliphatic carbocycles. The number of nitrogens with two attached hydrogens (primary N) is 1. The Bertz CT molecular complexity index is 877. The lowest BCUT2D eigenvalue weighted by Crippen LogP contribution is -2.33. The predicted octanol–water partition coefficient (Wildman–Crippen LogP) is 1.79. The first kappa shape index (κ1) is 17.3. The Morgan fingerprint density at radius 1 is 1.00 bits per heavy atom. The molecule has 1 aromatic heterocycles. The van der Waals surface area contributed by atoms with Crippen molar-refractivity contribution in [1.29, 1.82) is 0 Å². The highest BCUT2D eigenvalue weighted by atomic mass is 16.2. The summed E-state index contributed by atoms with van der Waals surface area (Å²) in [5, 5.41) is 8.01. The van der Waals surface area contributed by atoms with Gasteiger partial charge in [-0.15, -0.1) is 5.10 Å². The molecule has 0 aliphatic heterocycles. The van der Waals surface area contributed by atoms with Crippen LogP contribution >= 0.6 is 0 Å². The zero-order valence-electron chi connectivity index (χ0n) is 14.2.